The van der Waals surface area contributed by atoms with Crippen LogP contribution in [0.4, 0.5) is 0 Å². The Morgan fingerprint density at radius 2 is 1.95 bits per heavy atom. The second kappa shape index (κ2) is 8.82. The van der Waals surface area contributed by atoms with Crippen molar-refractivity contribution < 1.29 is 14.3 Å². The van der Waals surface area contributed by atoms with Crippen LogP contribution in [0, 0.1) is 6.92 Å². The SMILES string of the molecule is COCCNC(=O)CC(=O)N/N=C\c1ccc(C)cc1. The van der Waals surface area contributed by atoms with Gasteiger partial charge < -0.3 is 10.1 Å². The summed E-state index contributed by atoms with van der Waals surface area (Å²) in [7, 11) is 1.54. The predicted molar refractivity (Wildman–Crippen MR) is 76.4 cm³/mol. The molecule has 0 aromatic heterocycles. The molecular formula is C14H19N3O3. The summed E-state index contributed by atoms with van der Waals surface area (Å²) in [6, 6.07) is 7.68. The first kappa shape index (κ1) is 15.8. The van der Waals surface area contributed by atoms with Crippen LogP contribution in [0.3, 0.4) is 0 Å². The van der Waals surface area contributed by atoms with Crippen molar-refractivity contribution in [1.82, 2.24) is 10.7 Å². The quantitative estimate of drug-likeness (QED) is 0.331. The summed E-state index contributed by atoms with van der Waals surface area (Å²) in [5.41, 5.74) is 4.33. The number of nitrogens with zero attached hydrogens (tertiary/aromatic N) is 1. The van der Waals surface area contributed by atoms with Crippen molar-refractivity contribution in [3.8, 4) is 0 Å². The van der Waals surface area contributed by atoms with Crippen molar-refractivity contribution in [2.75, 3.05) is 20.3 Å². The number of nitrogens with one attached hydrogen (secondary N) is 2. The van der Waals surface area contributed by atoms with Crippen LogP contribution in [-0.2, 0) is 14.3 Å². The normalized spacial score (nSPS) is 10.5. The molecule has 2 amide bonds. The van der Waals surface area contributed by atoms with Gasteiger partial charge in [0.25, 0.3) is 0 Å². The highest BCUT2D eigenvalue weighted by Crippen LogP contribution is 1.99. The molecule has 0 spiro atoms. The summed E-state index contributed by atoms with van der Waals surface area (Å²) in [5.74, 6) is -0.812. The number of benzene rings is 1. The Labute approximate surface area is 118 Å². The van der Waals surface area contributed by atoms with Gasteiger partial charge in [0.1, 0.15) is 6.42 Å². The van der Waals surface area contributed by atoms with Gasteiger partial charge in [0.2, 0.25) is 11.8 Å². The van der Waals surface area contributed by atoms with E-state index in [9.17, 15) is 9.59 Å². The lowest BCUT2D eigenvalue weighted by Gasteiger charge is -2.03. The van der Waals surface area contributed by atoms with Gasteiger partial charge in [0.05, 0.1) is 12.8 Å². The number of carbonyl (C=O) groups excluding carboxylic acids is 2. The molecule has 6 nitrogen and oxygen atoms in total. The van der Waals surface area contributed by atoms with E-state index in [1.165, 1.54) is 6.21 Å². The number of carbonyl (C=O) groups is 2. The lowest BCUT2D eigenvalue weighted by atomic mass is 10.2. The Morgan fingerprint density at radius 1 is 1.25 bits per heavy atom. The maximum atomic E-state index is 11.4. The molecule has 0 bridgehead atoms. The van der Waals surface area contributed by atoms with Gasteiger partial charge in [-0.05, 0) is 12.5 Å². The average Bonchev–Trinajstić information content (AvgIpc) is 2.41. The molecule has 108 valence electrons. The number of amides is 2. The Balaban J connectivity index is 2.28. The summed E-state index contributed by atoms with van der Waals surface area (Å²) < 4.78 is 4.78. The second-order valence-corrected chi connectivity index (χ2v) is 4.22. The summed E-state index contributed by atoms with van der Waals surface area (Å²) >= 11 is 0. The molecule has 0 saturated heterocycles. The summed E-state index contributed by atoms with van der Waals surface area (Å²) in [5, 5.41) is 6.34. The summed E-state index contributed by atoms with van der Waals surface area (Å²) in [4.78, 5) is 22.7. The maximum Gasteiger partial charge on any atom is 0.249 e. The smallest absolute Gasteiger partial charge is 0.249 e. The van der Waals surface area contributed by atoms with Gasteiger partial charge >= 0.3 is 0 Å². The van der Waals surface area contributed by atoms with E-state index in [4.69, 9.17) is 4.74 Å². The molecule has 0 fully saturated rings. The van der Waals surface area contributed by atoms with Crippen LogP contribution < -0.4 is 10.7 Å². The van der Waals surface area contributed by atoms with Gasteiger partial charge in [0, 0.05) is 13.7 Å². The Hall–Kier alpha value is -2.21. The zero-order valence-corrected chi connectivity index (χ0v) is 11.7. The molecule has 1 rings (SSSR count). The molecule has 2 N–H and O–H groups in total. The Bertz CT molecular complexity index is 469. The van der Waals surface area contributed by atoms with Crippen molar-refractivity contribution in [2.45, 2.75) is 13.3 Å². The van der Waals surface area contributed by atoms with Crippen LogP contribution in [-0.4, -0.2) is 38.3 Å². The predicted octanol–water partition coefficient (Wildman–Crippen LogP) is 0.598. The van der Waals surface area contributed by atoms with Gasteiger partial charge in [-0.15, -0.1) is 0 Å². The Kier molecular flexibility index (Phi) is 6.99. The molecule has 0 atom stereocenters. The van der Waals surface area contributed by atoms with Gasteiger partial charge in [-0.25, -0.2) is 5.43 Å². The third-order valence-corrected chi connectivity index (χ3v) is 2.43. The van der Waals surface area contributed by atoms with Crippen LogP contribution in [0.25, 0.3) is 0 Å². The highest BCUT2D eigenvalue weighted by Gasteiger charge is 2.07. The molecule has 0 saturated carbocycles. The molecule has 6 heteroatoms. The van der Waals surface area contributed by atoms with E-state index in [-0.39, 0.29) is 12.3 Å². The fourth-order valence-corrected chi connectivity index (χ4v) is 1.37. The van der Waals surface area contributed by atoms with Crippen molar-refractivity contribution in [2.24, 2.45) is 5.10 Å². The van der Waals surface area contributed by atoms with Crippen molar-refractivity contribution in [3.63, 3.8) is 0 Å². The van der Waals surface area contributed by atoms with Crippen molar-refractivity contribution in [1.29, 1.82) is 0 Å². The largest absolute Gasteiger partial charge is 0.383 e. The molecule has 1 aromatic carbocycles. The van der Waals surface area contributed by atoms with Gasteiger partial charge in [-0.1, -0.05) is 29.8 Å². The fraction of sp³-hybridized carbons (Fsp3) is 0.357. The number of hydrogen-bond acceptors (Lipinski definition) is 4. The van der Waals surface area contributed by atoms with Gasteiger partial charge in [-0.2, -0.15) is 5.10 Å². The number of rotatable bonds is 7. The van der Waals surface area contributed by atoms with E-state index in [0.29, 0.717) is 13.2 Å². The van der Waals surface area contributed by atoms with Crippen LogP contribution >= 0.6 is 0 Å². The third kappa shape index (κ3) is 6.65. The van der Waals surface area contributed by atoms with Gasteiger partial charge in [-0.3, -0.25) is 9.59 Å². The fourth-order valence-electron chi connectivity index (χ4n) is 1.37. The topological polar surface area (TPSA) is 79.8 Å². The van der Waals surface area contributed by atoms with Crippen molar-refractivity contribution >= 4 is 18.0 Å². The van der Waals surface area contributed by atoms with E-state index in [0.717, 1.165) is 11.1 Å². The van der Waals surface area contributed by atoms with Gasteiger partial charge in [0.15, 0.2) is 0 Å². The van der Waals surface area contributed by atoms with Crippen LogP contribution in [0.2, 0.25) is 0 Å². The van der Waals surface area contributed by atoms with E-state index >= 15 is 0 Å². The average molecular weight is 277 g/mol. The first-order valence-electron chi connectivity index (χ1n) is 6.26. The molecule has 0 unspecified atom stereocenters. The molecule has 0 aliphatic carbocycles. The number of aryl methyl sites for hydroxylation is 1. The maximum absolute atomic E-state index is 11.4. The number of ether oxygens (including phenoxy) is 1. The minimum atomic E-state index is -0.455. The van der Waals surface area contributed by atoms with E-state index in [1.807, 2.05) is 31.2 Å². The van der Waals surface area contributed by atoms with Crippen LogP contribution in [0.1, 0.15) is 17.5 Å². The molecule has 20 heavy (non-hydrogen) atoms. The monoisotopic (exact) mass is 277 g/mol. The molecule has 0 aliphatic rings. The minimum Gasteiger partial charge on any atom is -0.383 e. The summed E-state index contributed by atoms with van der Waals surface area (Å²) in [6.45, 7) is 2.79. The van der Waals surface area contributed by atoms with E-state index in [2.05, 4.69) is 15.8 Å². The lowest BCUT2D eigenvalue weighted by molar-refractivity contribution is -0.129. The number of hydrogen-bond donors (Lipinski definition) is 2. The highest BCUT2D eigenvalue weighted by atomic mass is 16.5. The zero-order chi connectivity index (χ0) is 14.8. The zero-order valence-electron chi connectivity index (χ0n) is 11.7. The Morgan fingerprint density at radius 3 is 2.60 bits per heavy atom. The van der Waals surface area contributed by atoms with Crippen LogP contribution in [0.15, 0.2) is 29.4 Å². The molecule has 0 aliphatic heterocycles. The first-order chi connectivity index (χ1) is 9.61. The third-order valence-electron chi connectivity index (χ3n) is 2.43. The van der Waals surface area contributed by atoms with E-state index < -0.39 is 5.91 Å². The summed E-state index contributed by atoms with van der Waals surface area (Å²) in [6.07, 6.45) is 1.27. The standard InChI is InChI=1S/C14H19N3O3/c1-11-3-5-12(6-4-11)10-16-17-14(19)9-13(18)15-7-8-20-2/h3-6,10H,7-9H2,1-2H3,(H,15,18)(H,17,19)/b16-10-. The number of hydrazone groups is 1. The van der Waals surface area contributed by atoms with E-state index in [1.54, 1.807) is 7.11 Å². The molecular weight excluding hydrogens is 258 g/mol. The molecule has 0 radical (unpaired) electrons. The molecule has 0 heterocycles. The second-order valence-electron chi connectivity index (χ2n) is 4.22. The van der Waals surface area contributed by atoms with Crippen molar-refractivity contribution in [3.05, 3.63) is 35.4 Å². The lowest BCUT2D eigenvalue weighted by Crippen LogP contribution is -2.31. The molecule has 1 aromatic rings. The van der Waals surface area contributed by atoms with Crippen LogP contribution in [0.5, 0.6) is 0 Å². The first-order valence-corrected chi connectivity index (χ1v) is 6.26. The minimum absolute atomic E-state index is 0.255. The highest BCUT2D eigenvalue weighted by molar-refractivity contribution is 5.97. The number of methoxy groups -OCH3 is 1.